The molecule has 3 aromatic heterocycles. The van der Waals surface area contributed by atoms with E-state index in [1.165, 1.54) is 44.6 Å². The molecule has 0 atom stereocenters. The van der Waals surface area contributed by atoms with Crippen LogP contribution in [0, 0.1) is 5.82 Å². The van der Waals surface area contributed by atoms with Crippen LogP contribution in [0.5, 0.6) is 5.75 Å². The summed E-state index contributed by atoms with van der Waals surface area (Å²) in [6.07, 6.45) is 4.09. The van der Waals surface area contributed by atoms with E-state index >= 15 is 0 Å². The molecule has 3 heterocycles. The van der Waals surface area contributed by atoms with Crippen LogP contribution in [0.3, 0.4) is 0 Å². The maximum Gasteiger partial charge on any atom is 0.412 e. The maximum absolute atomic E-state index is 14.0. The van der Waals surface area contributed by atoms with Crippen LogP contribution in [0.25, 0.3) is 16.9 Å². The summed E-state index contributed by atoms with van der Waals surface area (Å²) >= 11 is 0. The van der Waals surface area contributed by atoms with E-state index in [0.29, 0.717) is 22.7 Å². The average Bonchev–Trinajstić information content (AvgIpc) is 3.35. The zero-order valence-electron chi connectivity index (χ0n) is 20.1. The van der Waals surface area contributed by atoms with Crippen molar-refractivity contribution in [3.63, 3.8) is 0 Å². The SMILES string of the molecule is COC(=O)CN(C(=O)c1ccc2ncc(-c3ccc(NC(=O)OC)nc3)n2c1)c1ccc(F)c(OC)c1. The second kappa shape index (κ2) is 10.7. The topological polar surface area (TPSA) is 124 Å². The largest absolute Gasteiger partial charge is 0.494 e. The predicted octanol–water partition coefficient (Wildman–Crippen LogP) is 3.54. The fourth-order valence-electron chi connectivity index (χ4n) is 3.54. The summed E-state index contributed by atoms with van der Waals surface area (Å²) in [5.74, 6) is -1.58. The van der Waals surface area contributed by atoms with Crippen molar-refractivity contribution in [2.45, 2.75) is 0 Å². The van der Waals surface area contributed by atoms with E-state index < -0.39 is 30.3 Å². The Bertz CT molecular complexity index is 1470. The first-order chi connectivity index (χ1) is 17.8. The molecule has 0 saturated carbocycles. The van der Waals surface area contributed by atoms with E-state index in [1.54, 1.807) is 41.1 Å². The van der Waals surface area contributed by atoms with Crippen molar-refractivity contribution in [1.82, 2.24) is 14.4 Å². The van der Waals surface area contributed by atoms with Crippen molar-refractivity contribution < 1.29 is 33.0 Å². The summed E-state index contributed by atoms with van der Waals surface area (Å²) in [7, 11) is 3.76. The quantitative estimate of drug-likeness (QED) is 0.377. The highest BCUT2D eigenvalue weighted by atomic mass is 19.1. The summed E-state index contributed by atoms with van der Waals surface area (Å²) in [4.78, 5) is 46.8. The molecule has 12 heteroatoms. The molecule has 0 aliphatic carbocycles. The third-order valence-corrected chi connectivity index (χ3v) is 5.43. The molecule has 37 heavy (non-hydrogen) atoms. The lowest BCUT2D eigenvalue weighted by Gasteiger charge is -2.22. The molecule has 2 amide bonds. The Morgan fingerprint density at radius 3 is 2.49 bits per heavy atom. The van der Waals surface area contributed by atoms with Gasteiger partial charge in [0.15, 0.2) is 11.6 Å². The minimum Gasteiger partial charge on any atom is -0.494 e. The first-order valence-corrected chi connectivity index (χ1v) is 10.8. The molecule has 0 unspecified atom stereocenters. The van der Waals surface area contributed by atoms with Gasteiger partial charge in [0, 0.05) is 29.7 Å². The number of rotatable bonds is 7. The van der Waals surface area contributed by atoms with Gasteiger partial charge in [0.25, 0.3) is 5.91 Å². The van der Waals surface area contributed by atoms with E-state index in [2.05, 4.69) is 20.0 Å². The molecule has 1 aromatic carbocycles. The van der Waals surface area contributed by atoms with Crippen LogP contribution >= 0.6 is 0 Å². The van der Waals surface area contributed by atoms with Gasteiger partial charge in [0.1, 0.15) is 18.0 Å². The number of nitrogens with zero attached hydrogens (tertiary/aromatic N) is 4. The third-order valence-electron chi connectivity index (χ3n) is 5.43. The number of imidazole rings is 1. The van der Waals surface area contributed by atoms with Crippen molar-refractivity contribution in [3.8, 4) is 17.0 Å². The standard InChI is InChI=1S/C25H22FN5O6/c1-35-20-10-17(6-7-18(20)26)30(14-23(32)36-2)24(33)16-5-9-22-28-12-19(31(22)13-16)15-4-8-21(27-11-15)29-25(34)37-3/h4-13H,14H2,1-3H3,(H,27,29,34). The average molecular weight is 507 g/mol. The monoisotopic (exact) mass is 507 g/mol. The van der Waals surface area contributed by atoms with E-state index in [1.807, 2.05) is 0 Å². The summed E-state index contributed by atoms with van der Waals surface area (Å²) in [6, 6.07) is 10.4. The maximum atomic E-state index is 14.0. The van der Waals surface area contributed by atoms with Gasteiger partial charge in [-0.3, -0.25) is 24.2 Å². The molecule has 190 valence electrons. The van der Waals surface area contributed by atoms with Crippen molar-refractivity contribution in [2.24, 2.45) is 0 Å². The highest BCUT2D eigenvalue weighted by Gasteiger charge is 2.23. The van der Waals surface area contributed by atoms with Crippen LogP contribution < -0.4 is 15.0 Å². The Morgan fingerprint density at radius 2 is 1.81 bits per heavy atom. The second-order valence-corrected chi connectivity index (χ2v) is 7.62. The van der Waals surface area contributed by atoms with Crippen molar-refractivity contribution in [1.29, 1.82) is 0 Å². The number of ether oxygens (including phenoxy) is 3. The predicted molar refractivity (Wildman–Crippen MR) is 131 cm³/mol. The van der Waals surface area contributed by atoms with Gasteiger partial charge < -0.3 is 14.2 Å². The number of carbonyl (C=O) groups excluding carboxylic acids is 3. The number of benzene rings is 1. The highest BCUT2D eigenvalue weighted by Crippen LogP contribution is 2.27. The summed E-state index contributed by atoms with van der Waals surface area (Å²) in [5.41, 5.74) is 2.34. The van der Waals surface area contributed by atoms with Crippen LogP contribution in [0.15, 0.2) is 61.1 Å². The Balaban J connectivity index is 1.70. The fraction of sp³-hybridized carbons (Fsp3) is 0.160. The number of methoxy groups -OCH3 is 3. The molecule has 11 nitrogen and oxygen atoms in total. The normalized spacial score (nSPS) is 10.6. The molecule has 0 spiro atoms. The molecule has 1 N–H and O–H groups in total. The summed E-state index contributed by atoms with van der Waals surface area (Å²) in [6.45, 7) is -0.405. The van der Waals surface area contributed by atoms with Gasteiger partial charge in [-0.25, -0.2) is 19.2 Å². The number of aromatic nitrogens is 3. The van der Waals surface area contributed by atoms with Crippen molar-refractivity contribution >= 4 is 35.1 Å². The van der Waals surface area contributed by atoms with Crippen LogP contribution in [0.1, 0.15) is 10.4 Å². The van der Waals surface area contributed by atoms with Gasteiger partial charge in [-0.15, -0.1) is 0 Å². The summed E-state index contributed by atoms with van der Waals surface area (Å²) in [5, 5.41) is 2.47. The molecule has 0 bridgehead atoms. The first kappa shape index (κ1) is 25.1. The number of amides is 2. The molecule has 4 aromatic rings. The van der Waals surface area contributed by atoms with Crippen molar-refractivity contribution in [2.75, 3.05) is 38.1 Å². The lowest BCUT2D eigenvalue weighted by molar-refractivity contribution is -0.138. The van der Waals surface area contributed by atoms with Gasteiger partial charge >= 0.3 is 12.1 Å². The lowest BCUT2D eigenvalue weighted by Crippen LogP contribution is -2.36. The molecule has 0 saturated heterocycles. The molecule has 0 aliphatic rings. The van der Waals surface area contributed by atoms with Crippen molar-refractivity contribution in [3.05, 3.63) is 72.4 Å². The van der Waals surface area contributed by atoms with E-state index in [0.717, 1.165) is 6.07 Å². The summed E-state index contributed by atoms with van der Waals surface area (Å²) < 4.78 is 30.0. The number of nitrogens with one attached hydrogen (secondary N) is 1. The highest BCUT2D eigenvalue weighted by molar-refractivity contribution is 6.08. The number of hydrogen-bond acceptors (Lipinski definition) is 8. The van der Waals surface area contributed by atoms with Gasteiger partial charge in [0.05, 0.1) is 38.8 Å². The number of pyridine rings is 2. The van der Waals surface area contributed by atoms with E-state index in [-0.39, 0.29) is 17.0 Å². The molecular formula is C25H22FN5O6. The van der Waals surface area contributed by atoms with Gasteiger partial charge in [-0.05, 0) is 36.4 Å². The van der Waals surface area contributed by atoms with E-state index in [4.69, 9.17) is 9.47 Å². The zero-order chi connectivity index (χ0) is 26.5. The van der Waals surface area contributed by atoms with Crippen LogP contribution in [0.2, 0.25) is 0 Å². The smallest absolute Gasteiger partial charge is 0.412 e. The fourth-order valence-corrected chi connectivity index (χ4v) is 3.54. The molecule has 0 fully saturated rings. The zero-order valence-corrected chi connectivity index (χ0v) is 20.1. The number of esters is 1. The number of carbonyl (C=O) groups is 3. The molecule has 0 radical (unpaired) electrons. The Labute approximate surface area is 210 Å². The van der Waals surface area contributed by atoms with Crippen LogP contribution in [-0.2, 0) is 14.3 Å². The second-order valence-electron chi connectivity index (χ2n) is 7.62. The Kier molecular flexibility index (Phi) is 7.28. The molecule has 4 rings (SSSR count). The van der Waals surface area contributed by atoms with Gasteiger partial charge in [0.2, 0.25) is 0 Å². The lowest BCUT2D eigenvalue weighted by atomic mass is 10.2. The minimum atomic E-state index is -0.659. The third kappa shape index (κ3) is 5.32. The van der Waals surface area contributed by atoms with E-state index in [9.17, 15) is 18.8 Å². The van der Waals surface area contributed by atoms with Gasteiger partial charge in [-0.2, -0.15) is 0 Å². The number of anilines is 2. The van der Waals surface area contributed by atoms with Crippen LogP contribution in [-0.4, -0.2) is 60.2 Å². The first-order valence-electron chi connectivity index (χ1n) is 10.8. The Hall–Kier alpha value is -5.00. The Morgan fingerprint density at radius 1 is 1.00 bits per heavy atom. The molecule has 0 aliphatic heterocycles. The minimum absolute atomic E-state index is 0.0786. The van der Waals surface area contributed by atoms with Crippen LogP contribution in [0.4, 0.5) is 20.7 Å². The number of fused-ring (bicyclic) bond motifs is 1. The molecular weight excluding hydrogens is 485 g/mol. The number of hydrogen-bond donors (Lipinski definition) is 1. The number of halogens is 1. The van der Waals surface area contributed by atoms with Gasteiger partial charge in [-0.1, -0.05) is 0 Å².